The zero-order chi connectivity index (χ0) is 18.9. The monoisotopic (exact) mass is 512 g/mol. The molecule has 7 heteroatoms. The minimum absolute atomic E-state index is 0. The van der Waals surface area contributed by atoms with Gasteiger partial charge < -0.3 is 15.5 Å². The van der Waals surface area contributed by atoms with Crippen LogP contribution in [0.15, 0.2) is 46.8 Å². The van der Waals surface area contributed by atoms with Crippen LogP contribution in [0.1, 0.15) is 36.6 Å². The predicted octanol–water partition coefficient (Wildman–Crippen LogP) is 4.18. The summed E-state index contributed by atoms with van der Waals surface area (Å²) < 4.78 is 0. The summed E-state index contributed by atoms with van der Waals surface area (Å²) >= 11 is 1.78. The van der Waals surface area contributed by atoms with Crippen molar-refractivity contribution in [3.8, 4) is 0 Å². The van der Waals surface area contributed by atoms with Gasteiger partial charge in [0.05, 0.1) is 6.54 Å². The summed E-state index contributed by atoms with van der Waals surface area (Å²) in [6.07, 6.45) is 3.76. The lowest BCUT2D eigenvalue weighted by Crippen LogP contribution is -2.38. The molecular weight excluding hydrogens is 483 g/mol. The first kappa shape index (κ1) is 22.7. The number of aliphatic imine (C=N–C) groups is 1. The second-order valence-electron chi connectivity index (χ2n) is 6.62. The smallest absolute Gasteiger partial charge is 0.226 e. The number of anilines is 1. The second-order valence-corrected chi connectivity index (χ2v) is 7.65. The maximum absolute atomic E-state index is 12.0. The van der Waals surface area contributed by atoms with Crippen molar-refractivity contribution in [1.29, 1.82) is 0 Å². The summed E-state index contributed by atoms with van der Waals surface area (Å²) in [6, 6.07) is 12.4. The molecule has 28 heavy (non-hydrogen) atoms. The summed E-state index contributed by atoms with van der Waals surface area (Å²) in [5.41, 5.74) is 2.13. The number of rotatable bonds is 7. The molecule has 5 nitrogen and oxygen atoms in total. The van der Waals surface area contributed by atoms with Crippen molar-refractivity contribution in [1.82, 2.24) is 10.6 Å². The fourth-order valence-electron chi connectivity index (χ4n) is 3.13. The molecule has 1 aliphatic heterocycles. The molecule has 1 saturated heterocycles. The highest BCUT2D eigenvalue weighted by Gasteiger charge is 2.19. The number of nitrogens with one attached hydrogen (secondary N) is 2. The molecule has 2 aromatic rings. The number of thiophene rings is 1. The molecule has 0 bridgehead atoms. The maximum Gasteiger partial charge on any atom is 0.226 e. The average Bonchev–Trinajstić information content (AvgIpc) is 3.20. The Balaban J connectivity index is 0.00000280. The van der Waals surface area contributed by atoms with Gasteiger partial charge in [0, 0.05) is 36.6 Å². The summed E-state index contributed by atoms with van der Waals surface area (Å²) in [7, 11) is 0. The first-order chi connectivity index (χ1) is 13.3. The fraction of sp³-hybridized carbons (Fsp3) is 0.429. The largest absolute Gasteiger partial charge is 0.357 e. The highest BCUT2D eigenvalue weighted by molar-refractivity contribution is 14.0. The third-order valence-electron chi connectivity index (χ3n) is 4.58. The summed E-state index contributed by atoms with van der Waals surface area (Å²) in [5.74, 6) is 1.07. The number of piperidine rings is 1. The summed E-state index contributed by atoms with van der Waals surface area (Å²) in [5, 5.41) is 8.79. The van der Waals surface area contributed by atoms with Crippen LogP contribution in [0, 0.1) is 0 Å². The molecule has 1 aliphatic rings. The fourth-order valence-corrected chi connectivity index (χ4v) is 3.84. The molecule has 1 amide bonds. The maximum atomic E-state index is 12.0. The van der Waals surface area contributed by atoms with Crippen molar-refractivity contribution in [2.75, 3.05) is 24.5 Å². The van der Waals surface area contributed by atoms with Gasteiger partial charge in [-0.05, 0) is 55.3 Å². The van der Waals surface area contributed by atoms with Crippen LogP contribution >= 0.6 is 35.3 Å². The van der Waals surface area contributed by atoms with E-state index in [1.54, 1.807) is 11.3 Å². The molecule has 2 N–H and O–H groups in total. The van der Waals surface area contributed by atoms with E-state index < -0.39 is 0 Å². The zero-order valence-corrected chi connectivity index (χ0v) is 19.5. The Kier molecular flexibility index (Phi) is 9.77. The summed E-state index contributed by atoms with van der Waals surface area (Å²) in [4.78, 5) is 20.0. The highest BCUT2D eigenvalue weighted by atomic mass is 127. The lowest BCUT2D eigenvalue weighted by Gasteiger charge is -2.26. The van der Waals surface area contributed by atoms with E-state index in [1.807, 2.05) is 17.0 Å². The van der Waals surface area contributed by atoms with Crippen LogP contribution in [0.4, 0.5) is 5.69 Å². The van der Waals surface area contributed by atoms with Crippen LogP contribution in [0.3, 0.4) is 0 Å². The molecule has 3 rings (SSSR count). The van der Waals surface area contributed by atoms with Crippen molar-refractivity contribution in [2.24, 2.45) is 4.99 Å². The van der Waals surface area contributed by atoms with E-state index in [9.17, 15) is 4.79 Å². The van der Waals surface area contributed by atoms with E-state index in [1.165, 1.54) is 4.88 Å². The normalized spacial score (nSPS) is 14.5. The molecular formula is C21H29IN4OS. The van der Waals surface area contributed by atoms with Crippen molar-refractivity contribution < 1.29 is 4.79 Å². The first-order valence-electron chi connectivity index (χ1n) is 9.70. The molecule has 2 heterocycles. The zero-order valence-electron chi connectivity index (χ0n) is 16.3. The van der Waals surface area contributed by atoms with E-state index in [0.29, 0.717) is 13.0 Å². The molecule has 0 aliphatic carbocycles. The van der Waals surface area contributed by atoms with Gasteiger partial charge in [-0.2, -0.15) is 0 Å². The Morgan fingerprint density at radius 3 is 2.68 bits per heavy atom. The topological polar surface area (TPSA) is 56.7 Å². The van der Waals surface area contributed by atoms with Crippen molar-refractivity contribution in [2.45, 2.75) is 39.2 Å². The second kappa shape index (κ2) is 12.1. The van der Waals surface area contributed by atoms with E-state index in [-0.39, 0.29) is 29.9 Å². The Morgan fingerprint density at radius 1 is 1.18 bits per heavy atom. The van der Waals surface area contributed by atoms with Crippen molar-refractivity contribution >= 4 is 52.9 Å². The van der Waals surface area contributed by atoms with E-state index >= 15 is 0 Å². The minimum atomic E-state index is 0. The number of carbonyl (C=O) groups is 1. The molecule has 0 spiro atoms. The number of hydrogen-bond acceptors (Lipinski definition) is 3. The third-order valence-corrected chi connectivity index (χ3v) is 5.52. The van der Waals surface area contributed by atoms with E-state index in [2.05, 4.69) is 52.2 Å². The number of nitrogens with zero attached hydrogens (tertiary/aromatic N) is 2. The van der Waals surface area contributed by atoms with Gasteiger partial charge in [-0.3, -0.25) is 4.79 Å². The number of guanidine groups is 1. The number of hydrogen-bond donors (Lipinski definition) is 2. The molecule has 0 atom stereocenters. The number of benzene rings is 1. The Hall–Kier alpha value is -1.61. The Labute approximate surface area is 188 Å². The quantitative estimate of drug-likeness (QED) is 0.333. The highest BCUT2D eigenvalue weighted by Crippen LogP contribution is 2.21. The van der Waals surface area contributed by atoms with Gasteiger partial charge in [-0.1, -0.05) is 18.2 Å². The van der Waals surface area contributed by atoms with Crippen LogP contribution < -0.4 is 15.5 Å². The van der Waals surface area contributed by atoms with Crippen LogP contribution in [0.2, 0.25) is 0 Å². The van der Waals surface area contributed by atoms with E-state index in [0.717, 1.165) is 56.1 Å². The Bertz CT molecular complexity index is 746. The molecule has 1 aromatic heterocycles. The molecule has 1 fully saturated rings. The van der Waals surface area contributed by atoms with Gasteiger partial charge in [0.15, 0.2) is 5.96 Å². The van der Waals surface area contributed by atoms with Gasteiger partial charge in [-0.15, -0.1) is 35.3 Å². The number of amides is 1. The lowest BCUT2D eigenvalue weighted by molar-refractivity contribution is -0.119. The van der Waals surface area contributed by atoms with Crippen molar-refractivity contribution in [3.63, 3.8) is 0 Å². The third kappa shape index (κ3) is 6.77. The van der Waals surface area contributed by atoms with Crippen LogP contribution in [0.25, 0.3) is 0 Å². The Morgan fingerprint density at radius 2 is 2.00 bits per heavy atom. The molecule has 0 saturated carbocycles. The SMILES string of the molecule is CCNC(=NCc1ccc(N2CCCCC2=O)cc1)NCCc1cccs1.I. The number of carbonyl (C=O) groups excluding carboxylic acids is 1. The van der Waals surface area contributed by atoms with E-state index in [4.69, 9.17) is 0 Å². The molecule has 1 aromatic carbocycles. The van der Waals surface area contributed by atoms with Gasteiger partial charge in [0.1, 0.15) is 0 Å². The minimum Gasteiger partial charge on any atom is -0.357 e. The van der Waals surface area contributed by atoms with Gasteiger partial charge >= 0.3 is 0 Å². The average molecular weight is 512 g/mol. The van der Waals surface area contributed by atoms with Crippen LogP contribution in [-0.4, -0.2) is 31.5 Å². The van der Waals surface area contributed by atoms with Gasteiger partial charge in [0.2, 0.25) is 5.91 Å². The van der Waals surface area contributed by atoms with Crippen LogP contribution in [-0.2, 0) is 17.8 Å². The summed E-state index contributed by atoms with van der Waals surface area (Å²) in [6.45, 7) is 5.21. The number of halogens is 1. The molecule has 152 valence electrons. The van der Waals surface area contributed by atoms with Crippen molar-refractivity contribution in [3.05, 3.63) is 52.2 Å². The molecule has 0 radical (unpaired) electrons. The van der Waals surface area contributed by atoms with Crippen LogP contribution in [0.5, 0.6) is 0 Å². The molecule has 0 unspecified atom stereocenters. The van der Waals surface area contributed by atoms with Gasteiger partial charge in [-0.25, -0.2) is 4.99 Å². The lowest BCUT2D eigenvalue weighted by atomic mass is 10.1. The predicted molar refractivity (Wildman–Crippen MR) is 129 cm³/mol. The standard InChI is InChI=1S/C21H28N4OS.HI/c1-2-22-21(23-13-12-19-6-5-15-27-19)24-16-17-8-10-18(11-9-17)25-14-4-3-7-20(25)26;/h5-6,8-11,15H,2-4,7,12-14,16H2,1H3,(H2,22,23,24);1H. The van der Waals surface area contributed by atoms with Gasteiger partial charge in [0.25, 0.3) is 0 Å². The first-order valence-corrected chi connectivity index (χ1v) is 10.6.